The fourth-order valence-electron chi connectivity index (χ4n) is 4.86. The number of benzene rings is 3. The quantitative estimate of drug-likeness (QED) is 0.234. The maximum Gasteiger partial charge on any atom is 0.417 e. The molecule has 0 N–H and O–H groups in total. The number of hydrogen-bond acceptors (Lipinski definition) is 2. The van der Waals surface area contributed by atoms with Gasteiger partial charge in [-0.1, -0.05) is 72.8 Å². The van der Waals surface area contributed by atoms with Gasteiger partial charge in [-0.05, 0) is 47.4 Å². The van der Waals surface area contributed by atoms with E-state index in [0.29, 0.717) is 5.56 Å². The second-order valence-electron chi connectivity index (χ2n) is 8.77. The molecule has 0 fully saturated rings. The van der Waals surface area contributed by atoms with Gasteiger partial charge in [0.05, 0.1) is 16.8 Å². The van der Waals surface area contributed by atoms with Gasteiger partial charge in [-0.3, -0.25) is 4.98 Å². The molecule has 0 aliphatic heterocycles. The van der Waals surface area contributed by atoms with Crippen LogP contribution in [-0.2, 0) is 18.3 Å². The summed E-state index contributed by atoms with van der Waals surface area (Å²) in [7, 11) is 0. The first-order valence-electron chi connectivity index (χ1n) is 11.5. The van der Waals surface area contributed by atoms with Crippen LogP contribution in [0.1, 0.15) is 34.9 Å². The first-order chi connectivity index (χ1) is 17.3. The molecule has 36 heavy (non-hydrogen) atoms. The van der Waals surface area contributed by atoms with Crippen LogP contribution in [0.3, 0.4) is 0 Å². The van der Waals surface area contributed by atoms with Crippen molar-refractivity contribution in [3.8, 4) is 11.1 Å². The van der Waals surface area contributed by atoms with E-state index in [9.17, 15) is 17.6 Å². The Bertz CT molecular complexity index is 1460. The zero-order chi connectivity index (χ0) is 25.3. The lowest BCUT2D eigenvalue weighted by Gasteiger charge is -2.32. The molecule has 180 valence electrons. The average Bonchev–Trinajstić information content (AvgIpc) is 2.92. The van der Waals surface area contributed by atoms with Crippen molar-refractivity contribution in [2.75, 3.05) is 0 Å². The molecule has 0 aliphatic carbocycles. The van der Waals surface area contributed by atoms with E-state index in [1.807, 2.05) is 43.3 Å². The van der Waals surface area contributed by atoms with E-state index >= 15 is 0 Å². The summed E-state index contributed by atoms with van der Waals surface area (Å²) in [4.78, 5) is 8.59. The number of fused-ring (bicyclic) bond motifs is 1. The van der Waals surface area contributed by atoms with Gasteiger partial charge in [-0.25, -0.2) is 9.37 Å². The Balaban J connectivity index is 1.87. The second-order valence-corrected chi connectivity index (χ2v) is 8.77. The standard InChI is InChI=1S/C30H22F4N2/c1-29(21-11-6-3-7-12-21,23-13-8-16-35-19-23)22-14-15-25-24(17-22)28(30(32,33)34)27(26(18-31)36-25)20-9-4-2-5-10-20/h2-17,19H,18H2,1H3. The van der Waals surface area contributed by atoms with Crippen LogP contribution < -0.4 is 0 Å². The van der Waals surface area contributed by atoms with Crippen LogP contribution in [0.5, 0.6) is 0 Å². The lowest BCUT2D eigenvalue weighted by Crippen LogP contribution is -2.25. The summed E-state index contributed by atoms with van der Waals surface area (Å²) in [5, 5.41) is -0.0675. The van der Waals surface area contributed by atoms with Crippen LogP contribution in [0.2, 0.25) is 0 Å². The highest BCUT2D eigenvalue weighted by molar-refractivity contribution is 5.91. The van der Waals surface area contributed by atoms with E-state index in [1.54, 1.807) is 67.0 Å². The van der Waals surface area contributed by atoms with Crippen molar-refractivity contribution >= 4 is 10.9 Å². The lowest BCUT2D eigenvalue weighted by atomic mass is 9.71. The molecular weight excluding hydrogens is 464 g/mol. The van der Waals surface area contributed by atoms with E-state index in [0.717, 1.165) is 11.1 Å². The van der Waals surface area contributed by atoms with Crippen LogP contribution in [0.25, 0.3) is 22.0 Å². The maximum absolute atomic E-state index is 14.7. The predicted octanol–water partition coefficient (Wildman–Crippen LogP) is 8.14. The Labute approximate surface area is 206 Å². The largest absolute Gasteiger partial charge is 0.417 e. The molecule has 1 unspecified atom stereocenters. The third-order valence-corrected chi connectivity index (χ3v) is 6.70. The molecule has 5 aromatic rings. The summed E-state index contributed by atoms with van der Waals surface area (Å²) in [6.45, 7) is 0.859. The van der Waals surface area contributed by atoms with Crippen LogP contribution in [-0.4, -0.2) is 9.97 Å². The van der Waals surface area contributed by atoms with Crippen LogP contribution in [0.15, 0.2) is 103 Å². The van der Waals surface area contributed by atoms with Crippen molar-refractivity contribution in [2.24, 2.45) is 0 Å². The lowest BCUT2D eigenvalue weighted by molar-refractivity contribution is -0.135. The van der Waals surface area contributed by atoms with Crippen molar-refractivity contribution in [2.45, 2.75) is 25.2 Å². The zero-order valence-electron chi connectivity index (χ0n) is 19.4. The minimum absolute atomic E-state index is 0.0675. The highest BCUT2D eigenvalue weighted by Crippen LogP contribution is 2.45. The Kier molecular flexibility index (Phi) is 6.04. The summed E-state index contributed by atoms with van der Waals surface area (Å²) < 4.78 is 58.1. The molecule has 5 rings (SSSR count). The fourth-order valence-corrected chi connectivity index (χ4v) is 4.86. The molecule has 0 radical (unpaired) electrons. The van der Waals surface area contributed by atoms with Crippen molar-refractivity contribution in [1.82, 2.24) is 9.97 Å². The van der Waals surface area contributed by atoms with Crippen molar-refractivity contribution < 1.29 is 17.6 Å². The molecule has 0 saturated heterocycles. The summed E-state index contributed by atoms with van der Waals surface area (Å²) in [5.74, 6) is 0. The van der Waals surface area contributed by atoms with E-state index in [4.69, 9.17) is 0 Å². The van der Waals surface area contributed by atoms with Crippen molar-refractivity contribution in [3.63, 3.8) is 0 Å². The number of nitrogens with zero attached hydrogens (tertiary/aromatic N) is 2. The average molecular weight is 487 g/mol. The molecule has 0 aliphatic rings. The van der Waals surface area contributed by atoms with Gasteiger partial charge in [0, 0.05) is 28.8 Å². The Morgan fingerprint density at radius 3 is 2.03 bits per heavy atom. The molecule has 0 amide bonds. The predicted molar refractivity (Wildman–Crippen MR) is 133 cm³/mol. The van der Waals surface area contributed by atoms with Gasteiger partial charge in [0.2, 0.25) is 0 Å². The number of hydrogen-bond donors (Lipinski definition) is 0. The van der Waals surface area contributed by atoms with Crippen molar-refractivity contribution in [3.05, 3.63) is 131 Å². The van der Waals surface area contributed by atoms with Crippen LogP contribution >= 0.6 is 0 Å². The number of pyridine rings is 2. The van der Waals surface area contributed by atoms with Gasteiger partial charge >= 0.3 is 6.18 Å². The van der Waals surface area contributed by atoms with Gasteiger partial charge in [0.25, 0.3) is 0 Å². The summed E-state index contributed by atoms with van der Waals surface area (Å²) in [6, 6.07) is 26.2. The molecule has 0 bridgehead atoms. The summed E-state index contributed by atoms with van der Waals surface area (Å²) >= 11 is 0. The molecule has 1 atom stereocenters. The Hall–Kier alpha value is -4.06. The first-order valence-corrected chi connectivity index (χ1v) is 11.5. The Morgan fingerprint density at radius 2 is 1.42 bits per heavy atom. The molecule has 2 nitrogen and oxygen atoms in total. The zero-order valence-corrected chi connectivity index (χ0v) is 19.4. The smallest absolute Gasteiger partial charge is 0.264 e. The highest BCUT2D eigenvalue weighted by Gasteiger charge is 2.39. The van der Waals surface area contributed by atoms with Gasteiger partial charge < -0.3 is 0 Å². The molecule has 2 heterocycles. The van der Waals surface area contributed by atoms with E-state index in [2.05, 4.69) is 9.97 Å². The number of halogens is 4. The number of aromatic nitrogens is 2. The number of rotatable bonds is 5. The highest BCUT2D eigenvalue weighted by atomic mass is 19.4. The van der Waals surface area contributed by atoms with E-state index in [-0.39, 0.29) is 27.7 Å². The third-order valence-electron chi connectivity index (χ3n) is 6.70. The van der Waals surface area contributed by atoms with E-state index < -0.39 is 23.8 Å². The summed E-state index contributed by atoms with van der Waals surface area (Å²) in [6.07, 6.45) is -1.35. The SMILES string of the molecule is CC(c1ccccc1)(c1cccnc1)c1ccc2nc(CF)c(-c3ccccc3)c(C(F)(F)F)c2c1. The van der Waals surface area contributed by atoms with Crippen molar-refractivity contribution in [1.29, 1.82) is 0 Å². The minimum atomic E-state index is -4.73. The van der Waals surface area contributed by atoms with E-state index in [1.165, 1.54) is 0 Å². The molecule has 3 aromatic carbocycles. The normalized spacial score (nSPS) is 13.5. The first kappa shape index (κ1) is 23.7. The maximum atomic E-state index is 14.7. The fraction of sp³-hybridized carbons (Fsp3) is 0.133. The molecule has 6 heteroatoms. The van der Waals surface area contributed by atoms with Gasteiger partial charge in [0.1, 0.15) is 6.67 Å². The topological polar surface area (TPSA) is 25.8 Å². The van der Waals surface area contributed by atoms with Crippen LogP contribution in [0, 0.1) is 0 Å². The third kappa shape index (κ3) is 4.02. The number of alkyl halides is 4. The van der Waals surface area contributed by atoms with Gasteiger partial charge in [0.15, 0.2) is 0 Å². The monoisotopic (exact) mass is 486 g/mol. The van der Waals surface area contributed by atoms with Gasteiger partial charge in [-0.15, -0.1) is 0 Å². The molecule has 2 aromatic heterocycles. The summed E-state index contributed by atoms with van der Waals surface area (Å²) in [5.41, 5.74) is 0.630. The van der Waals surface area contributed by atoms with Crippen LogP contribution in [0.4, 0.5) is 17.6 Å². The molecular formula is C30H22F4N2. The molecule has 0 saturated carbocycles. The Morgan fingerprint density at radius 1 is 0.750 bits per heavy atom. The molecule has 0 spiro atoms. The van der Waals surface area contributed by atoms with Gasteiger partial charge in [-0.2, -0.15) is 13.2 Å². The minimum Gasteiger partial charge on any atom is -0.264 e. The second kappa shape index (κ2) is 9.19.